The molecule has 0 aliphatic carbocycles. The number of piperazine rings is 1. The predicted molar refractivity (Wildman–Crippen MR) is 117 cm³/mol. The van der Waals surface area contributed by atoms with Crippen LogP contribution in [0, 0.1) is 0 Å². The lowest BCUT2D eigenvalue weighted by molar-refractivity contribution is -0.137. The van der Waals surface area contributed by atoms with Gasteiger partial charge in [0.05, 0.1) is 11.3 Å². The lowest BCUT2D eigenvalue weighted by atomic mass is 10.1. The van der Waals surface area contributed by atoms with Crippen molar-refractivity contribution >= 4 is 23.2 Å². The highest BCUT2D eigenvalue weighted by Gasteiger charge is 2.35. The van der Waals surface area contributed by atoms with E-state index < -0.39 is 23.4 Å². The molecule has 3 aromatic rings. The lowest BCUT2D eigenvalue weighted by Gasteiger charge is -2.39. The Labute approximate surface area is 189 Å². The first-order valence-corrected chi connectivity index (χ1v) is 10.6. The Bertz CT molecular complexity index is 1160. The van der Waals surface area contributed by atoms with Crippen LogP contribution in [-0.4, -0.2) is 52.2 Å². The number of fused-ring (bicyclic) bond motifs is 1. The number of ether oxygens (including phenoxy) is 1. The number of hydrogen-bond donors (Lipinski definition) is 0. The van der Waals surface area contributed by atoms with Crippen molar-refractivity contribution in [3.8, 4) is 11.3 Å². The van der Waals surface area contributed by atoms with Crippen molar-refractivity contribution in [1.29, 1.82) is 0 Å². The Kier molecular flexibility index (Phi) is 5.71. The van der Waals surface area contributed by atoms with Gasteiger partial charge >= 0.3 is 12.3 Å². The number of amides is 1. The zero-order valence-electron chi connectivity index (χ0n) is 18.8. The van der Waals surface area contributed by atoms with Gasteiger partial charge in [0, 0.05) is 37.4 Å². The van der Waals surface area contributed by atoms with Gasteiger partial charge in [0.2, 0.25) is 0 Å². The van der Waals surface area contributed by atoms with Gasteiger partial charge in [0.15, 0.2) is 5.58 Å². The summed E-state index contributed by atoms with van der Waals surface area (Å²) in [5, 5.41) is 0. The fraction of sp³-hybridized carbons (Fsp3) is 0.435. The summed E-state index contributed by atoms with van der Waals surface area (Å²) in [6, 6.07) is 7.05. The fourth-order valence-corrected chi connectivity index (χ4v) is 3.75. The normalized spacial score (nSPS) is 17.5. The smallest absolute Gasteiger partial charge is 0.416 e. The van der Waals surface area contributed by atoms with Crippen LogP contribution >= 0.6 is 0 Å². The third-order valence-electron chi connectivity index (χ3n) is 5.27. The van der Waals surface area contributed by atoms with Crippen molar-refractivity contribution < 1.29 is 27.1 Å². The summed E-state index contributed by atoms with van der Waals surface area (Å²) >= 11 is 0. The van der Waals surface area contributed by atoms with Crippen molar-refractivity contribution in [3.63, 3.8) is 0 Å². The number of oxazole rings is 1. The van der Waals surface area contributed by atoms with Crippen molar-refractivity contribution in [3.05, 3.63) is 42.1 Å². The average molecular weight is 462 g/mol. The number of aromatic nitrogens is 2. The second-order valence-electron chi connectivity index (χ2n) is 9.05. The first kappa shape index (κ1) is 22.9. The molecule has 10 heteroatoms. The molecule has 2 aromatic heterocycles. The quantitative estimate of drug-likeness (QED) is 0.511. The molecule has 0 radical (unpaired) electrons. The molecule has 33 heavy (non-hydrogen) atoms. The van der Waals surface area contributed by atoms with E-state index in [1.54, 1.807) is 43.9 Å². The van der Waals surface area contributed by atoms with Gasteiger partial charge < -0.3 is 19.0 Å². The van der Waals surface area contributed by atoms with Crippen molar-refractivity contribution in [2.75, 3.05) is 24.5 Å². The Morgan fingerprint density at radius 2 is 1.94 bits per heavy atom. The molecule has 1 aliphatic heterocycles. The molecule has 0 N–H and O–H groups in total. The molecule has 0 spiro atoms. The summed E-state index contributed by atoms with van der Waals surface area (Å²) in [6.45, 7) is 8.45. The second kappa shape index (κ2) is 8.24. The Hall–Kier alpha value is -3.30. The monoisotopic (exact) mass is 462 g/mol. The summed E-state index contributed by atoms with van der Waals surface area (Å²) in [7, 11) is 0. The van der Waals surface area contributed by atoms with E-state index in [2.05, 4.69) is 9.97 Å². The molecule has 3 heterocycles. The average Bonchev–Trinajstić information content (AvgIpc) is 3.15. The summed E-state index contributed by atoms with van der Waals surface area (Å²) < 4.78 is 52.0. The number of carbonyl (C=O) groups excluding carboxylic acids is 1. The molecule has 176 valence electrons. The minimum Gasteiger partial charge on any atom is -0.444 e. The van der Waals surface area contributed by atoms with E-state index in [0.29, 0.717) is 25.3 Å². The first-order valence-electron chi connectivity index (χ1n) is 10.6. The molecule has 4 rings (SSSR count). The van der Waals surface area contributed by atoms with Crippen LogP contribution in [0.3, 0.4) is 0 Å². The van der Waals surface area contributed by atoms with Crippen LogP contribution in [0.1, 0.15) is 33.3 Å². The second-order valence-corrected chi connectivity index (χ2v) is 9.05. The van der Waals surface area contributed by atoms with Gasteiger partial charge in [-0.15, -0.1) is 0 Å². The molecule has 7 nitrogen and oxygen atoms in total. The van der Waals surface area contributed by atoms with Gasteiger partial charge in [-0.05, 0) is 52.0 Å². The van der Waals surface area contributed by atoms with Gasteiger partial charge in [0.1, 0.15) is 11.1 Å². The van der Waals surface area contributed by atoms with E-state index in [4.69, 9.17) is 9.15 Å². The summed E-state index contributed by atoms with van der Waals surface area (Å²) in [5.74, 6) is 0. The highest BCUT2D eigenvalue weighted by atomic mass is 19.4. The topological polar surface area (TPSA) is 71.7 Å². The summed E-state index contributed by atoms with van der Waals surface area (Å²) in [4.78, 5) is 24.4. The van der Waals surface area contributed by atoms with Crippen LogP contribution in [0.2, 0.25) is 0 Å². The van der Waals surface area contributed by atoms with Crippen molar-refractivity contribution in [2.45, 2.75) is 45.5 Å². The predicted octanol–water partition coefficient (Wildman–Crippen LogP) is 5.35. The van der Waals surface area contributed by atoms with Crippen molar-refractivity contribution in [2.24, 2.45) is 0 Å². The standard InChI is InChI=1S/C23H25F3N4O3/c1-14-13-29(21(31)33-22(2,3)4)9-10-30(14)20-28-18-12-15(23(24,25)26)11-16(19(18)32-20)17-7-5-6-8-27-17/h5-8,11-12,14H,9-10,13H2,1-4H3. The third-order valence-corrected chi connectivity index (χ3v) is 5.27. The number of hydrogen-bond acceptors (Lipinski definition) is 6. The minimum atomic E-state index is -4.54. The third kappa shape index (κ3) is 4.89. The maximum atomic E-state index is 13.5. The zero-order valence-corrected chi connectivity index (χ0v) is 18.8. The lowest BCUT2D eigenvalue weighted by Crippen LogP contribution is -2.54. The summed E-state index contributed by atoms with van der Waals surface area (Å²) in [6.07, 6.45) is -3.43. The van der Waals surface area contributed by atoms with Crippen LogP contribution in [0.25, 0.3) is 22.4 Å². The molecule has 1 atom stereocenters. The van der Waals surface area contributed by atoms with Crippen LogP contribution in [0.4, 0.5) is 24.0 Å². The molecular formula is C23H25F3N4O3. The fourth-order valence-electron chi connectivity index (χ4n) is 3.75. The number of benzene rings is 1. The number of nitrogens with zero attached hydrogens (tertiary/aromatic N) is 4. The van der Waals surface area contributed by atoms with Crippen LogP contribution in [0.15, 0.2) is 40.9 Å². The molecule has 0 saturated carbocycles. The van der Waals surface area contributed by atoms with E-state index in [-0.39, 0.29) is 28.7 Å². The molecular weight excluding hydrogens is 437 g/mol. The van der Waals surface area contributed by atoms with Gasteiger partial charge in [-0.1, -0.05) is 6.07 Å². The molecule has 1 aromatic carbocycles. The SMILES string of the molecule is CC1CN(C(=O)OC(C)(C)C)CCN1c1nc2cc(C(F)(F)F)cc(-c3ccccn3)c2o1. The number of carbonyl (C=O) groups is 1. The molecule has 1 fully saturated rings. The van der Waals surface area contributed by atoms with E-state index >= 15 is 0 Å². The molecule has 1 saturated heterocycles. The van der Waals surface area contributed by atoms with Crippen molar-refractivity contribution in [1.82, 2.24) is 14.9 Å². The molecule has 1 aliphatic rings. The first-order chi connectivity index (χ1) is 15.4. The number of anilines is 1. The van der Waals surface area contributed by atoms with Crippen LogP contribution in [0.5, 0.6) is 0 Å². The van der Waals surface area contributed by atoms with Gasteiger partial charge in [-0.3, -0.25) is 4.98 Å². The van der Waals surface area contributed by atoms with Gasteiger partial charge in [0.25, 0.3) is 6.01 Å². The molecule has 0 bridgehead atoms. The van der Waals surface area contributed by atoms with Crippen LogP contribution in [-0.2, 0) is 10.9 Å². The minimum absolute atomic E-state index is 0.0993. The molecule has 1 amide bonds. The number of pyridine rings is 1. The Morgan fingerprint density at radius 1 is 1.18 bits per heavy atom. The van der Waals surface area contributed by atoms with Crippen LogP contribution < -0.4 is 4.90 Å². The number of rotatable bonds is 2. The highest BCUT2D eigenvalue weighted by molar-refractivity contribution is 5.91. The van der Waals surface area contributed by atoms with E-state index in [1.165, 1.54) is 6.20 Å². The largest absolute Gasteiger partial charge is 0.444 e. The maximum absolute atomic E-state index is 13.5. The Balaban J connectivity index is 1.66. The van der Waals surface area contributed by atoms with Gasteiger partial charge in [-0.2, -0.15) is 18.2 Å². The summed E-state index contributed by atoms with van der Waals surface area (Å²) in [5.41, 5.74) is -0.507. The number of alkyl halides is 3. The number of halogens is 3. The maximum Gasteiger partial charge on any atom is 0.416 e. The Morgan fingerprint density at radius 3 is 2.55 bits per heavy atom. The zero-order chi connectivity index (χ0) is 24.0. The van der Waals surface area contributed by atoms with E-state index in [1.807, 2.05) is 11.8 Å². The van der Waals surface area contributed by atoms with E-state index in [0.717, 1.165) is 12.1 Å². The highest BCUT2D eigenvalue weighted by Crippen LogP contribution is 2.38. The van der Waals surface area contributed by atoms with Gasteiger partial charge in [-0.25, -0.2) is 4.79 Å². The molecule has 1 unspecified atom stereocenters. The van der Waals surface area contributed by atoms with E-state index in [9.17, 15) is 18.0 Å².